The van der Waals surface area contributed by atoms with Crippen LogP contribution in [-0.4, -0.2) is 35.4 Å². The van der Waals surface area contributed by atoms with Gasteiger partial charge >= 0.3 is 5.97 Å². The van der Waals surface area contributed by atoms with Crippen molar-refractivity contribution in [1.82, 2.24) is 0 Å². The quantitative estimate of drug-likeness (QED) is 0.749. The second-order valence-corrected chi connectivity index (χ2v) is 7.23. The molecule has 1 fully saturated rings. The summed E-state index contributed by atoms with van der Waals surface area (Å²) in [6.45, 7) is 2.26. The van der Waals surface area contributed by atoms with E-state index < -0.39 is 5.97 Å². The zero-order valence-electron chi connectivity index (χ0n) is 14.0. The molecule has 1 aromatic carbocycles. The molecule has 2 atom stereocenters. The van der Waals surface area contributed by atoms with Crippen molar-refractivity contribution in [1.29, 1.82) is 0 Å². The molecule has 0 heterocycles. The molecule has 1 amide bonds. The standard InChI is InChI=1S/C18H25NO4S/c1-13-5-2-3-8-16(13)23-10-17(20)19-15-7-4-6-14(9-15)11-24-12-18(21)22/h4,6-7,9,13,16H,2-3,5,8,10-12H2,1H3,(H,19,20)(H,21,22). The molecule has 132 valence electrons. The van der Waals surface area contributed by atoms with Gasteiger partial charge in [0.05, 0.1) is 11.9 Å². The highest BCUT2D eigenvalue weighted by Crippen LogP contribution is 2.26. The molecular weight excluding hydrogens is 326 g/mol. The fourth-order valence-corrected chi connectivity index (χ4v) is 3.60. The maximum absolute atomic E-state index is 12.1. The van der Waals surface area contributed by atoms with Crippen LogP contribution in [0.4, 0.5) is 5.69 Å². The third kappa shape index (κ3) is 6.53. The minimum atomic E-state index is -0.821. The van der Waals surface area contributed by atoms with Crippen molar-refractivity contribution < 1.29 is 19.4 Å². The topological polar surface area (TPSA) is 75.6 Å². The van der Waals surface area contributed by atoms with Gasteiger partial charge in [-0.2, -0.15) is 0 Å². The van der Waals surface area contributed by atoms with Gasteiger partial charge in [-0.05, 0) is 36.5 Å². The van der Waals surface area contributed by atoms with Gasteiger partial charge in [-0.1, -0.05) is 31.9 Å². The number of benzene rings is 1. The predicted molar refractivity (Wildman–Crippen MR) is 96.2 cm³/mol. The monoisotopic (exact) mass is 351 g/mol. The van der Waals surface area contributed by atoms with Crippen molar-refractivity contribution in [2.45, 2.75) is 44.5 Å². The average molecular weight is 351 g/mol. The van der Waals surface area contributed by atoms with E-state index in [2.05, 4.69) is 12.2 Å². The Morgan fingerprint density at radius 1 is 1.33 bits per heavy atom. The lowest BCUT2D eigenvalue weighted by atomic mass is 9.88. The van der Waals surface area contributed by atoms with Crippen LogP contribution in [-0.2, 0) is 20.1 Å². The summed E-state index contributed by atoms with van der Waals surface area (Å²) in [5, 5.41) is 11.5. The summed E-state index contributed by atoms with van der Waals surface area (Å²) in [5.74, 6) is 0.221. The molecule has 24 heavy (non-hydrogen) atoms. The third-order valence-corrected chi connectivity index (χ3v) is 5.15. The van der Waals surface area contributed by atoms with Crippen molar-refractivity contribution in [3.8, 4) is 0 Å². The second kappa shape index (κ2) is 9.69. The molecule has 1 aliphatic rings. The van der Waals surface area contributed by atoms with E-state index in [1.807, 2.05) is 24.3 Å². The van der Waals surface area contributed by atoms with E-state index in [0.29, 0.717) is 17.4 Å². The number of rotatable bonds is 8. The molecule has 5 nitrogen and oxygen atoms in total. The highest BCUT2D eigenvalue weighted by Gasteiger charge is 2.22. The van der Waals surface area contributed by atoms with Crippen LogP contribution < -0.4 is 5.32 Å². The number of nitrogens with one attached hydrogen (secondary N) is 1. The summed E-state index contributed by atoms with van der Waals surface area (Å²) in [4.78, 5) is 22.6. The van der Waals surface area contributed by atoms with E-state index in [1.54, 1.807) is 0 Å². The van der Waals surface area contributed by atoms with Crippen LogP contribution in [0.2, 0.25) is 0 Å². The van der Waals surface area contributed by atoms with Crippen molar-refractivity contribution in [3.63, 3.8) is 0 Å². The zero-order valence-corrected chi connectivity index (χ0v) is 14.8. The number of aliphatic carboxylic acids is 1. The molecule has 2 unspecified atom stereocenters. The van der Waals surface area contributed by atoms with Gasteiger partial charge in [0.2, 0.25) is 5.91 Å². The molecule has 0 spiro atoms. The molecule has 0 bridgehead atoms. The van der Waals surface area contributed by atoms with Crippen LogP contribution in [0.25, 0.3) is 0 Å². The molecule has 1 aromatic rings. The minimum Gasteiger partial charge on any atom is -0.481 e. The van der Waals surface area contributed by atoms with E-state index in [1.165, 1.54) is 31.0 Å². The van der Waals surface area contributed by atoms with Gasteiger partial charge in [-0.15, -0.1) is 11.8 Å². The number of amides is 1. The molecule has 0 aliphatic heterocycles. The van der Waals surface area contributed by atoms with Gasteiger partial charge in [0, 0.05) is 11.4 Å². The largest absolute Gasteiger partial charge is 0.481 e. The molecule has 0 aromatic heterocycles. The number of ether oxygens (including phenoxy) is 1. The molecule has 1 aliphatic carbocycles. The van der Waals surface area contributed by atoms with Crippen molar-refractivity contribution in [2.24, 2.45) is 5.92 Å². The molecule has 2 N–H and O–H groups in total. The molecule has 0 radical (unpaired) electrons. The normalized spacial score (nSPS) is 20.5. The molecule has 6 heteroatoms. The van der Waals surface area contributed by atoms with Crippen LogP contribution in [0.15, 0.2) is 24.3 Å². The number of thioether (sulfide) groups is 1. The van der Waals surface area contributed by atoms with Crippen LogP contribution in [0.5, 0.6) is 0 Å². The lowest BCUT2D eigenvalue weighted by Crippen LogP contribution is -2.29. The average Bonchev–Trinajstić information content (AvgIpc) is 2.54. The summed E-state index contributed by atoms with van der Waals surface area (Å²) in [7, 11) is 0. The van der Waals surface area contributed by atoms with Crippen LogP contribution in [0.1, 0.15) is 38.2 Å². The number of carbonyl (C=O) groups excluding carboxylic acids is 1. The van der Waals surface area contributed by atoms with Crippen LogP contribution in [0.3, 0.4) is 0 Å². The number of hydrogen-bond donors (Lipinski definition) is 2. The highest BCUT2D eigenvalue weighted by molar-refractivity contribution is 7.99. The van der Waals surface area contributed by atoms with Crippen LogP contribution in [0, 0.1) is 5.92 Å². The van der Waals surface area contributed by atoms with Crippen molar-refractivity contribution >= 4 is 29.3 Å². The van der Waals surface area contributed by atoms with Gasteiger partial charge < -0.3 is 15.2 Å². The summed E-state index contributed by atoms with van der Waals surface area (Å²) >= 11 is 1.33. The summed E-state index contributed by atoms with van der Waals surface area (Å²) in [6.07, 6.45) is 4.81. The maximum Gasteiger partial charge on any atom is 0.313 e. The number of anilines is 1. The first-order valence-electron chi connectivity index (χ1n) is 8.34. The minimum absolute atomic E-state index is 0.0734. The Labute approximate surface area is 147 Å². The van der Waals surface area contributed by atoms with Crippen LogP contribution >= 0.6 is 11.8 Å². The first-order valence-corrected chi connectivity index (χ1v) is 9.50. The molecule has 2 rings (SSSR count). The predicted octanol–water partition coefficient (Wildman–Crippen LogP) is 3.54. The summed E-state index contributed by atoms with van der Waals surface area (Å²) in [6, 6.07) is 7.48. The fourth-order valence-electron chi connectivity index (χ4n) is 2.90. The Hall–Kier alpha value is -1.53. The first-order chi connectivity index (χ1) is 11.5. The molecular formula is C18H25NO4S. The van der Waals surface area contributed by atoms with Gasteiger partial charge in [0.15, 0.2) is 0 Å². The Kier molecular flexibility index (Phi) is 7.59. The Morgan fingerprint density at radius 2 is 2.12 bits per heavy atom. The third-order valence-electron chi connectivity index (χ3n) is 4.17. The highest BCUT2D eigenvalue weighted by atomic mass is 32.2. The Balaban J connectivity index is 1.77. The number of carboxylic acid groups (broad SMARTS) is 1. The summed E-state index contributed by atoms with van der Waals surface area (Å²) in [5.41, 5.74) is 1.70. The molecule has 1 saturated carbocycles. The SMILES string of the molecule is CC1CCCCC1OCC(=O)Nc1cccc(CSCC(=O)O)c1. The van der Waals surface area contributed by atoms with E-state index >= 15 is 0 Å². The number of hydrogen-bond acceptors (Lipinski definition) is 4. The lowest BCUT2D eigenvalue weighted by Gasteiger charge is -2.28. The van der Waals surface area contributed by atoms with E-state index in [-0.39, 0.29) is 24.4 Å². The molecule has 0 saturated heterocycles. The van der Waals surface area contributed by atoms with Gasteiger partial charge in [-0.3, -0.25) is 9.59 Å². The smallest absolute Gasteiger partial charge is 0.313 e. The Bertz CT molecular complexity index is 564. The summed E-state index contributed by atoms with van der Waals surface area (Å²) < 4.78 is 5.77. The maximum atomic E-state index is 12.1. The van der Waals surface area contributed by atoms with E-state index in [9.17, 15) is 9.59 Å². The first kappa shape index (κ1) is 18.8. The van der Waals surface area contributed by atoms with Gasteiger partial charge in [-0.25, -0.2) is 0 Å². The fraction of sp³-hybridized carbons (Fsp3) is 0.556. The second-order valence-electron chi connectivity index (χ2n) is 6.25. The Morgan fingerprint density at radius 3 is 2.88 bits per heavy atom. The number of carbonyl (C=O) groups is 2. The van der Waals surface area contributed by atoms with E-state index in [0.717, 1.165) is 12.0 Å². The number of carboxylic acids is 1. The zero-order chi connectivity index (χ0) is 17.4. The van der Waals surface area contributed by atoms with Crippen molar-refractivity contribution in [2.75, 3.05) is 17.7 Å². The van der Waals surface area contributed by atoms with Crippen molar-refractivity contribution in [3.05, 3.63) is 29.8 Å². The van der Waals surface area contributed by atoms with Gasteiger partial charge in [0.25, 0.3) is 0 Å². The van der Waals surface area contributed by atoms with E-state index in [4.69, 9.17) is 9.84 Å². The van der Waals surface area contributed by atoms with Gasteiger partial charge in [0.1, 0.15) is 6.61 Å². The lowest BCUT2D eigenvalue weighted by molar-refractivity contribution is -0.134.